The number of rotatable bonds is 5. The smallest absolute Gasteiger partial charge is 0.224 e. The predicted octanol–water partition coefficient (Wildman–Crippen LogP) is 5.47. The highest BCUT2D eigenvalue weighted by Crippen LogP contribution is 2.25. The molecule has 1 heterocycles. The van der Waals surface area contributed by atoms with Gasteiger partial charge in [0.25, 0.3) is 0 Å². The Bertz CT molecular complexity index is 1020. The van der Waals surface area contributed by atoms with Crippen LogP contribution in [0.1, 0.15) is 37.7 Å². The van der Waals surface area contributed by atoms with Crippen LogP contribution >= 0.6 is 23.2 Å². The fourth-order valence-electron chi connectivity index (χ4n) is 2.86. The molecule has 0 radical (unpaired) electrons. The Hall–Kier alpha value is -2.37. The van der Waals surface area contributed by atoms with Crippen LogP contribution in [0.2, 0.25) is 10.0 Å². The van der Waals surface area contributed by atoms with Crippen LogP contribution in [-0.4, -0.2) is 15.7 Å². The van der Waals surface area contributed by atoms with Gasteiger partial charge in [-0.2, -0.15) is 5.10 Å². The molecule has 2 aromatic carbocycles. The van der Waals surface area contributed by atoms with Crippen molar-refractivity contribution in [3.63, 3.8) is 0 Å². The van der Waals surface area contributed by atoms with Crippen LogP contribution in [-0.2, 0) is 23.2 Å². The molecule has 0 atom stereocenters. The van der Waals surface area contributed by atoms with E-state index in [0.29, 0.717) is 5.02 Å². The summed E-state index contributed by atoms with van der Waals surface area (Å²) in [6.07, 6.45) is -0.136. The van der Waals surface area contributed by atoms with Gasteiger partial charge in [-0.15, -0.1) is 0 Å². The third-order valence-corrected chi connectivity index (χ3v) is 5.06. The van der Waals surface area contributed by atoms with Crippen molar-refractivity contribution in [3.05, 3.63) is 81.3 Å². The van der Waals surface area contributed by atoms with E-state index in [1.807, 2.05) is 24.3 Å². The number of aromatic nitrogens is 2. The largest absolute Gasteiger partial charge is 0.350 e. The fourth-order valence-corrected chi connectivity index (χ4v) is 3.27. The molecule has 0 spiro atoms. The second kappa shape index (κ2) is 8.56. The molecule has 29 heavy (non-hydrogen) atoms. The van der Waals surface area contributed by atoms with Gasteiger partial charge in [-0.1, -0.05) is 56.1 Å². The molecule has 4 nitrogen and oxygen atoms in total. The van der Waals surface area contributed by atoms with E-state index in [2.05, 4.69) is 26.1 Å². The second-order valence-corrected chi connectivity index (χ2v) is 8.66. The SMILES string of the molecule is CC(C)(C)c1cc(CNC(=O)Cc2c(F)cccc2Cl)n(-c2cccc(Cl)c2)n1. The summed E-state index contributed by atoms with van der Waals surface area (Å²) in [6, 6.07) is 13.7. The standard InChI is InChI=1S/C22H22Cl2FN3O/c1-22(2,3)20-11-16(28(27-20)15-7-4-6-14(23)10-15)13-26-21(29)12-17-18(24)8-5-9-19(17)25/h4-11H,12-13H2,1-3H3,(H,26,29). The lowest BCUT2D eigenvalue weighted by molar-refractivity contribution is -0.120. The highest BCUT2D eigenvalue weighted by Gasteiger charge is 2.21. The summed E-state index contributed by atoms with van der Waals surface area (Å²) in [5.74, 6) is -0.820. The fraction of sp³-hybridized carbons (Fsp3) is 0.273. The van der Waals surface area contributed by atoms with Crippen molar-refractivity contribution >= 4 is 29.1 Å². The maximum Gasteiger partial charge on any atom is 0.224 e. The van der Waals surface area contributed by atoms with Gasteiger partial charge >= 0.3 is 0 Å². The molecular weight excluding hydrogens is 412 g/mol. The zero-order chi connectivity index (χ0) is 21.2. The van der Waals surface area contributed by atoms with Gasteiger partial charge in [-0.05, 0) is 36.4 Å². The number of benzene rings is 2. The molecule has 0 aliphatic heterocycles. The Balaban J connectivity index is 1.83. The summed E-state index contributed by atoms with van der Waals surface area (Å²) in [4.78, 5) is 12.4. The van der Waals surface area contributed by atoms with Gasteiger partial charge in [0.05, 0.1) is 30.0 Å². The second-order valence-electron chi connectivity index (χ2n) is 7.82. The van der Waals surface area contributed by atoms with Crippen molar-refractivity contribution in [3.8, 4) is 5.69 Å². The highest BCUT2D eigenvalue weighted by molar-refractivity contribution is 6.31. The average molecular weight is 434 g/mol. The Kier molecular flexibility index (Phi) is 6.30. The number of carbonyl (C=O) groups is 1. The molecule has 3 rings (SSSR count). The molecule has 0 aliphatic carbocycles. The third kappa shape index (κ3) is 5.17. The molecular formula is C22H22Cl2FN3O. The van der Waals surface area contributed by atoms with Crippen LogP contribution in [0.5, 0.6) is 0 Å². The number of amides is 1. The Morgan fingerprint density at radius 3 is 2.52 bits per heavy atom. The molecule has 0 unspecified atom stereocenters. The van der Waals surface area contributed by atoms with E-state index in [9.17, 15) is 9.18 Å². The van der Waals surface area contributed by atoms with Crippen LogP contribution in [0.25, 0.3) is 5.69 Å². The molecule has 1 aromatic heterocycles. The lowest BCUT2D eigenvalue weighted by atomic mass is 9.92. The Morgan fingerprint density at radius 2 is 1.86 bits per heavy atom. The van der Waals surface area contributed by atoms with Gasteiger partial charge in [-0.25, -0.2) is 9.07 Å². The minimum absolute atomic E-state index is 0.136. The van der Waals surface area contributed by atoms with Crippen molar-refractivity contribution in [2.24, 2.45) is 0 Å². The van der Waals surface area contributed by atoms with Crippen LogP contribution in [0.15, 0.2) is 48.5 Å². The number of nitrogens with one attached hydrogen (secondary N) is 1. The zero-order valence-corrected chi connectivity index (χ0v) is 18.0. The summed E-state index contributed by atoms with van der Waals surface area (Å²) >= 11 is 12.2. The molecule has 1 amide bonds. The van der Waals surface area contributed by atoms with E-state index >= 15 is 0 Å². The normalized spacial score (nSPS) is 11.5. The quantitative estimate of drug-likeness (QED) is 0.579. The summed E-state index contributed by atoms with van der Waals surface area (Å²) in [5.41, 5.74) is 2.51. The molecule has 0 saturated heterocycles. The summed E-state index contributed by atoms with van der Waals surface area (Å²) in [7, 11) is 0. The van der Waals surface area contributed by atoms with Gasteiger partial charge < -0.3 is 5.32 Å². The van der Waals surface area contributed by atoms with Gasteiger partial charge in [0.1, 0.15) is 5.82 Å². The van der Waals surface area contributed by atoms with Gasteiger partial charge in [0.2, 0.25) is 5.91 Å². The van der Waals surface area contributed by atoms with E-state index in [1.54, 1.807) is 16.8 Å². The van der Waals surface area contributed by atoms with Gasteiger partial charge in [-0.3, -0.25) is 4.79 Å². The Morgan fingerprint density at radius 1 is 1.14 bits per heavy atom. The van der Waals surface area contributed by atoms with Crippen LogP contribution in [0, 0.1) is 5.82 Å². The maximum absolute atomic E-state index is 13.9. The van der Waals surface area contributed by atoms with Crippen molar-refractivity contribution in [2.45, 2.75) is 39.2 Å². The van der Waals surface area contributed by atoms with E-state index in [1.165, 1.54) is 12.1 Å². The number of nitrogens with zero attached hydrogens (tertiary/aromatic N) is 2. The van der Waals surface area contributed by atoms with Crippen LogP contribution in [0.4, 0.5) is 4.39 Å². The third-order valence-electron chi connectivity index (χ3n) is 4.47. The predicted molar refractivity (Wildman–Crippen MR) is 114 cm³/mol. The van der Waals surface area contributed by atoms with E-state index in [-0.39, 0.29) is 34.9 Å². The number of halogens is 3. The number of carbonyl (C=O) groups excluding carboxylic acids is 1. The maximum atomic E-state index is 13.9. The molecule has 1 N–H and O–H groups in total. The first-order valence-corrected chi connectivity index (χ1v) is 9.95. The summed E-state index contributed by atoms with van der Waals surface area (Å²) < 4.78 is 15.7. The first kappa shape index (κ1) is 21.3. The molecule has 7 heteroatoms. The minimum Gasteiger partial charge on any atom is -0.350 e. The van der Waals surface area contributed by atoms with E-state index in [0.717, 1.165) is 17.1 Å². The first-order chi connectivity index (χ1) is 13.6. The minimum atomic E-state index is -0.494. The van der Waals surface area contributed by atoms with Gasteiger partial charge in [0, 0.05) is 21.0 Å². The monoisotopic (exact) mass is 433 g/mol. The van der Waals surface area contributed by atoms with Crippen molar-refractivity contribution < 1.29 is 9.18 Å². The zero-order valence-electron chi connectivity index (χ0n) is 16.5. The summed E-state index contributed by atoms with van der Waals surface area (Å²) in [6.45, 7) is 6.45. The lowest BCUT2D eigenvalue weighted by Gasteiger charge is -2.14. The van der Waals surface area contributed by atoms with E-state index < -0.39 is 5.82 Å². The number of hydrogen-bond acceptors (Lipinski definition) is 2. The molecule has 0 saturated carbocycles. The number of hydrogen-bond donors (Lipinski definition) is 1. The van der Waals surface area contributed by atoms with Crippen LogP contribution in [0.3, 0.4) is 0 Å². The van der Waals surface area contributed by atoms with Crippen molar-refractivity contribution in [2.75, 3.05) is 0 Å². The summed E-state index contributed by atoms with van der Waals surface area (Å²) in [5, 5.41) is 8.37. The first-order valence-electron chi connectivity index (χ1n) is 9.20. The van der Waals surface area contributed by atoms with Crippen molar-refractivity contribution in [1.29, 1.82) is 0 Å². The van der Waals surface area contributed by atoms with Crippen LogP contribution < -0.4 is 5.32 Å². The average Bonchev–Trinajstić information content (AvgIpc) is 3.08. The molecule has 152 valence electrons. The molecule has 0 aliphatic rings. The molecule has 0 fully saturated rings. The van der Waals surface area contributed by atoms with Crippen molar-refractivity contribution in [1.82, 2.24) is 15.1 Å². The topological polar surface area (TPSA) is 46.9 Å². The molecule has 3 aromatic rings. The highest BCUT2D eigenvalue weighted by atomic mass is 35.5. The Labute approximate surface area is 179 Å². The van der Waals surface area contributed by atoms with Gasteiger partial charge in [0.15, 0.2) is 0 Å². The molecule has 0 bridgehead atoms. The lowest BCUT2D eigenvalue weighted by Crippen LogP contribution is -2.26. The van der Waals surface area contributed by atoms with E-state index in [4.69, 9.17) is 28.3 Å².